The average molecular weight is 320 g/mol. The predicted octanol–water partition coefficient (Wildman–Crippen LogP) is 3.97. The first-order valence-electron chi connectivity index (χ1n) is 6.59. The van der Waals surface area contributed by atoms with Crippen LogP contribution in [-0.4, -0.2) is 18.3 Å². The van der Waals surface area contributed by atoms with Crippen LogP contribution in [0.4, 0.5) is 5.69 Å². The van der Waals surface area contributed by atoms with E-state index in [2.05, 4.69) is 12.1 Å². The summed E-state index contributed by atoms with van der Waals surface area (Å²) in [5.41, 5.74) is 7.62. The van der Waals surface area contributed by atoms with Gasteiger partial charge in [0, 0.05) is 22.3 Å². The molecule has 5 heteroatoms. The summed E-state index contributed by atoms with van der Waals surface area (Å²) in [5.74, 6) is 0.677. The molecule has 3 nitrogen and oxygen atoms in total. The van der Waals surface area contributed by atoms with Crippen LogP contribution in [0.1, 0.15) is 21.8 Å². The fourth-order valence-electron chi connectivity index (χ4n) is 2.37. The maximum Gasteiger partial charge on any atom is 0.341 e. The van der Waals surface area contributed by atoms with Crippen LogP contribution in [0.2, 0.25) is 5.02 Å². The van der Waals surface area contributed by atoms with Gasteiger partial charge in [0.1, 0.15) is 5.56 Å². The second-order valence-electron chi connectivity index (χ2n) is 4.85. The molecule has 2 aromatic rings. The van der Waals surface area contributed by atoms with Crippen LogP contribution in [0, 0.1) is 0 Å². The summed E-state index contributed by atoms with van der Waals surface area (Å²) in [5, 5.41) is 0.321. The maximum absolute atomic E-state index is 12.2. The van der Waals surface area contributed by atoms with Crippen LogP contribution >= 0.6 is 23.4 Å². The molecule has 21 heavy (non-hydrogen) atoms. The van der Waals surface area contributed by atoms with Gasteiger partial charge in [-0.2, -0.15) is 0 Å². The summed E-state index contributed by atoms with van der Waals surface area (Å²) in [6, 6.07) is 13.2. The Labute approximate surface area is 132 Å². The molecule has 1 aliphatic rings. The van der Waals surface area contributed by atoms with Crippen LogP contribution in [-0.2, 0) is 4.74 Å². The van der Waals surface area contributed by atoms with Gasteiger partial charge in [-0.25, -0.2) is 4.79 Å². The van der Waals surface area contributed by atoms with Crippen molar-refractivity contribution in [3.8, 4) is 0 Å². The van der Waals surface area contributed by atoms with Gasteiger partial charge in [0.2, 0.25) is 0 Å². The topological polar surface area (TPSA) is 52.3 Å². The number of thioether (sulfide) groups is 1. The Morgan fingerprint density at radius 3 is 2.90 bits per heavy atom. The van der Waals surface area contributed by atoms with Gasteiger partial charge in [-0.1, -0.05) is 35.9 Å². The van der Waals surface area contributed by atoms with Crippen LogP contribution in [0.25, 0.3) is 0 Å². The molecule has 0 saturated heterocycles. The number of esters is 1. The molecule has 0 spiro atoms. The van der Waals surface area contributed by atoms with Crippen molar-refractivity contribution in [1.29, 1.82) is 0 Å². The monoisotopic (exact) mass is 319 g/mol. The number of nitrogens with two attached hydrogens (primary N) is 1. The molecule has 0 radical (unpaired) electrons. The highest BCUT2D eigenvalue weighted by atomic mass is 35.5. The summed E-state index contributed by atoms with van der Waals surface area (Å²) in [6.45, 7) is 0.341. The zero-order valence-electron chi connectivity index (χ0n) is 11.2. The molecule has 2 N–H and O–H groups in total. The predicted molar refractivity (Wildman–Crippen MR) is 86.1 cm³/mol. The zero-order chi connectivity index (χ0) is 14.8. The van der Waals surface area contributed by atoms with E-state index in [1.165, 1.54) is 10.5 Å². The number of rotatable bonds is 3. The van der Waals surface area contributed by atoms with E-state index in [1.54, 1.807) is 30.0 Å². The maximum atomic E-state index is 12.2. The van der Waals surface area contributed by atoms with E-state index in [1.807, 2.05) is 12.1 Å². The minimum atomic E-state index is -0.465. The van der Waals surface area contributed by atoms with Crippen molar-refractivity contribution in [2.45, 2.75) is 10.8 Å². The number of halogens is 1. The van der Waals surface area contributed by atoms with E-state index in [4.69, 9.17) is 22.1 Å². The van der Waals surface area contributed by atoms with Gasteiger partial charge in [0.25, 0.3) is 0 Å². The molecule has 0 aromatic heterocycles. The number of ether oxygens (including phenoxy) is 1. The first kappa shape index (κ1) is 14.3. The highest BCUT2D eigenvalue weighted by Gasteiger charge is 2.25. The van der Waals surface area contributed by atoms with E-state index >= 15 is 0 Å². The van der Waals surface area contributed by atoms with E-state index < -0.39 is 5.97 Å². The van der Waals surface area contributed by atoms with Crippen LogP contribution < -0.4 is 5.73 Å². The molecule has 2 aromatic carbocycles. The minimum Gasteiger partial charge on any atom is -0.461 e. The molecule has 1 unspecified atom stereocenters. The third-order valence-electron chi connectivity index (χ3n) is 3.46. The van der Waals surface area contributed by atoms with Gasteiger partial charge in [-0.3, -0.25) is 0 Å². The van der Waals surface area contributed by atoms with Crippen molar-refractivity contribution in [3.63, 3.8) is 0 Å². The number of benzene rings is 2. The fraction of sp³-hybridized carbons (Fsp3) is 0.188. The SMILES string of the molecule is Nc1cccc(Cl)c1C(=O)OCC1CSc2ccccc21. The van der Waals surface area contributed by atoms with Crippen LogP contribution in [0.15, 0.2) is 47.4 Å². The highest BCUT2D eigenvalue weighted by molar-refractivity contribution is 7.99. The van der Waals surface area contributed by atoms with Gasteiger partial charge in [0.05, 0.1) is 11.6 Å². The number of hydrogen-bond donors (Lipinski definition) is 1. The zero-order valence-corrected chi connectivity index (χ0v) is 12.8. The van der Waals surface area contributed by atoms with Crippen molar-refractivity contribution in [3.05, 3.63) is 58.6 Å². The van der Waals surface area contributed by atoms with E-state index in [-0.39, 0.29) is 11.5 Å². The second-order valence-corrected chi connectivity index (χ2v) is 6.32. The Kier molecular flexibility index (Phi) is 4.08. The Hall–Kier alpha value is -1.65. The number of hydrogen-bond acceptors (Lipinski definition) is 4. The van der Waals surface area contributed by atoms with Crippen LogP contribution in [0.5, 0.6) is 0 Å². The Balaban J connectivity index is 1.70. The standard InChI is InChI=1S/C16H14ClNO2S/c17-12-5-3-6-13(18)15(12)16(19)20-8-10-9-21-14-7-2-1-4-11(10)14/h1-7,10H,8-9,18H2. The van der Waals surface area contributed by atoms with Gasteiger partial charge in [-0.05, 0) is 23.8 Å². The molecule has 1 aliphatic heterocycles. The van der Waals surface area contributed by atoms with Gasteiger partial charge in [0.15, 0.2) is 0 Å². The fourth-order valence-corrected chi connectivity index (χ4v) is 3.86. The molecule has 108 valence electrons. The lowest BCUT2D eigenvalue weighted by atomic mass is 10.0. The molecule has 0 amide bonds. The largest absolute Gasteiger partial charge is 0.461 e. The Morgan fingerprint density at radius 1 is 1.29 bits per heavy atom. The summed E-state index contributed by atoms with van der Waals surface area (Å²) in [4.78, 5) is 13.4. The lowest BCUT2D eigenvalue weighted by molar-refractivity contribution is 0.0489. The Morgan fingerprint density at radius 2 is 2.10 bits per heavy atom. The first-order valence-corrected chi connectivity index (χ1v) is 7.96. The van der Waals surface area contributed by atoms with Gasteiger partial charge < -0.3 is 10.5 Å². The molecule has 0 saturated carbocycles. The highest BCUT2D eigenvalue weighted by Crippen LogP contribution is 2.39. The van der Waals surface area contributed by atoms with Gasteiger partial charge >= 0.3 is 5.97 Å². The summed E-state index contributed by atoms with van der Waals surface area (Å²) in [7, 11) is 0. The molecular weight excluding hydrogens is 306 g/mol. The number of carbonyl (C=O) groups excluding carboxylic acids is 1. The summed E-state index contributed by atoms with van der Waals surface area (Å²) >= 11 is 7.80. The summed E-state index contributed by atoms with van der Waals surface area (Å²) < 4.78 is 5.41. The van der Waals surface area contributed by atoms with Gasteiger partial charge in [-0.15, -0.1) is 11.8 Å². The smallest absolute Gasteiger partial charge is 0.341 e. The molecule has 1 heterocycles. The second kappa shape index (κ2) is 6.00. The molecule has 0 fully saturated rings. The van der Waals surface area contributed by atoms with E-state index in [0.29, 0.717) is 17.3 Å². The molecule has 3 rings (SSSR count). The van der Waals surface area contributed by atoms with Crippen molar-refractivity contribution >= 4 is 35.0 Å². The minimum absolute atomic E-state index is 0.221. The summed E-state index contributed by atoms with van der Waals surface area (Å²) in [6.07, 6.45) is 0. The lowest BCUT2D eigenvalue weighted by Crippen LogP contribution is -2.14. The number of anilines is 1. The molecule has 0 aliphatic carbocycles. The van der Waals surface area contributed by atoms with E-state index in [9.17, 15) is 4.79 Å². The number of carbonyl (C=O) groups is 1. The van der Waals surface area contributed by atoms with Crippen molar-refractivity contribution in [2.75, 3.05) is 18.1 Å². The van der Waals surface area contributed by atoms with Crippen molar-refractivity contribution in [2.24, 2.45) is 0 Å². The third-order valence-corrected chi connectivity index (χ3v) is 5.03. The normalized spacial score (nSPS) is 16.5. The number of fused-ring (bicyclic) bond motifs is 1. The molecule has 1 atom stereocenters. The van der Waals surface area contributed by atoms with E-state index in [0.717, 1.165) is 5.75 Å². The quantitative estimate of drug-likeness (QED) is 0.687. The molecule has 0 bridgehead atoms. The third kappa shape index (κ3) is 2.87. The average Bonchev–Trinajstić information content (AvgIpc) is 2.88. The van der Waals surface area contributed by atoms with Crippen LogP contribution in [0.3, 0.4) is 0 Å². The van der Waals surface area contributed by atoms with Crippen molar-refractivity contribution in [1.82, 2.24) is 0 Å². The van der Waals surface area contributed by atoms with Crippen molar-refractivity contribution < 1.29 is 9.53 Å². The Bertz CT molecular complexity index is 669. The lowest BCUT2D eigenvalue weighted by Gasteiger charge is -2.13. The first-order chi connectivity index (χ1) is 10.2. The molecular formula is C16H14ClNO2S. The number of nitrogen functional groups attached to an aromatic ring is 1.